The van der Waals surface area contributed by atoms with Crippen LogP contribution in [0.4, 0.5) is 0 Å². The predicted molar refractivity (Wildman–Crippen MR) is 101 cm³/mol. The van der Waals surface area contributed by atoms with Gasteiger partial charge in [0.05, 0.1) is 0 Å². The first kappa shape index (κ1) is 14.9. The van der Waals surface area contributed by atoms with Gasteiger partial charge in [0.2, 0.25) is 0 Å². The second-order valence-electron chi connectivity index (χ2n) is 8.09. The predicted octanol–water partition coefficient (Wildman–Crippen LogP) is 5.15. The number of hydrogen-bond acceptors (Lipinski definition) is 0. The average molecular weight is 315 g/mol. The molecule has 0 aromatic heterocycles. The number of thiol groups is 1. The third-order valence-corrected chi connectivity index (χ3v) is 10.4. The van der Waals surface area contributed by atoms with Crippen LogP contribution in [0.15, 0.2) is 48.6 Å². The third-order valence-electron chi connectivity index (χ3n) is 6.78. The maximum absolute atomic E-state index is 2.64. The lowest BCUT2D eigenvalue weighted by atomic mass is 9.91. The van der Waals surface area contributed by atoms with Crippen molar-refractivity contribution in [1.82, 2.24) is 0 Å². The van der Waals surface area contributed by atoms with E-state index in [1.165, 1.54) is 12.8 Å². The topological polar surface area (TPSA) is 0 Å². The van der Waals surface area contributed by atoms with E-state index >= 15 is 0 Å². The lowest BCUT2D eigenvalue weighted by Crippen LogP contribution is -2.31. The van der Waals surface area contributed by atoms with E-state index in [0.717, 1.165) is 46.0 Å². The first-order valence-corrected chi connectivity index (χ1v) is 11.0. The van der Waals surface area contributed by atoms with Crippen molar-refractivity contribution in [3.05, 3.63) is 48.6 Å². The molecule has 0 aliphatic heterocycles. The molecule has 0 aromatic rings. The Kier molecular flexibility index (Phi) is 3.88. The van der Waals surface area contributed by atoms with Crippen LogP contribution in [0.25, 0.3) is 0 Å². The van der Waals surface area contributed by atoms with E-state index in [0.29, 0.717) is 0 Å². The maximum atomic E-state index is 2.64. The average Bonchev–Trinajstić information content (AvgIpc) is 3.01. The van der Waals surface area contributed by atoms with Crippen LogP contribution in [0.5, 0.6) is 0 Å². The van der Waals surface area contributed by atoms with E-state index in [1.807, 2.05) is 0 Å². The lowest BCUT2D eigenvalue weighted by molar-refractivity contribution is 0.542. The zero-order valence-electron chi connectivity index (χ0n) is 14.1. The van der Waals surface area contributed by atoms with Crippen LogP contribution in [-0.4, -0.2) is 16.8 Å². The fourth-order valence-corrected chi connectivity index (χ4v) is 9.96. The molecule has 4 aliphatic rings. The summed E-state index contributed by atoms with van der Waals surface area (Å²) in [5.41, 5.74) is 0. The van der Waals surface area contributed by atoms with Gasteiger partial charge < -0.3 is 0 Å². The fourth-order valence-electron chi connectivity index (χ4n) is 5.99. The van der Waals surface area contributed by atoms with Crippen LogP contribution < -0.4 is 0 Å². The summed E-state index contributed by atoms with van der Waals surface area (Å²) >= 11 is 0. The highest BCUT2D eigenvalue weighted by Gasteiger charge is 2.48. The molecule has 120 valence electrons. The molecule has 0 saturated heterocycles. The molecule has 0 heterocycles. The lowest BCUT2D eigenvalue weighted by Gasteiger charge is -2.41. The highest BCUT2D eigenvalue weighted by molar-refractivity contribution is 8.17. The summed E-state index contributed by atoms with van der Waals surface area (Å²) in [7, 11) is 0.0810. The highest BCUT2D eigenvalue weighted by Crippen LogP contribution is 2.59. The molecule has 22 heavy (non-hydrogen) atoms. The van der Waals surface area contributed by atoms with E-state index in [4.69, 9.17) is 0 Å². The Bertz CT molecular complexity index is 492. The van der Waals surface area contributed by atoms with Crippen molar-refractivity contribution in [2.24, 2.45) is 35.5 Å². The Labute approximate surface area is 138 Å². The van der Waals surface area contributed by atoms with E-state index in [2.05, 4.69) is 68.7 Å². The van der Waals surface area contributed by atoms with Gasteiger partial charge in [0.1, 0.15) is 0 Å². The summed E-state index contributed by atoms with van der Waals surface area (Å²) < 4.78 is 0. The number of fused-ring (bicyclic) bond motifs is 2. The van der Waals surface area contributed by atoms with Crippen molar-refractivity contribution in [2.45, 2.75) is 37.2 Å². The molecule has 0 amide bonds. The summed E-state index contributed by atoms with van der Waals surface area (Å²) in [6, 6.07) is 0. The first-order valence-electron chi connectivity index (χ1n) is 9.08. The molecular formula is C21H30S. The molecule has 1 heteroatoms. The third kappa shape index (κ3) is 2.28. The summed E-state index contributed by atoms with van der Waals surface area (Å²) in [4.78, 5) is 0. The summed E-state index contributed by atoms with van der Waals surface area (Å²) in [5.74, 6) is 5.09. The molecule has 0 N–H and O–H groups in total. The number of allylic oxidation sites excluding steroid dienone is 8. The van der Waals surface area contributed by atoms with Gasteiger partial charge in [-0.15, -0.1) is 0 Å². The van der Waals surface area contributed by atoms with Crippen molar-refractivity contribution in [1.29, 1.82) is 0 Å². The fraction of sp³-hybridized carbons (Fsp3) is 0.619. The monoisotopic (exact) mass is 314 g/mol. The largest absolute Gasteiger partial charge is 0.249 e. The van der Waals surface area contributed by atoms with Crippen molar-refractivity contribution in [3.8, 4) is 0 Å². The number of hydrogen-bond donors (Lipinski definition) is 1. The summed E-state index contributed by atoms with van der Waals surface area (Å²) in [5, 5.41) is 1.87. The van der Waals surface area contributed by atoms with Gasteiger partial charge >= 0.3 is 0 Å². The zero-order chi connectivity index (χ0) is 15.3. The minimum Gasteiger partial charge on any atom is -0.249 e. The molecule has 2 fully saturated rings. The molecule has 0 bridgehead atoms. The molecule has 8 unspecified atom stereocenters. The second-order valence-corrected chi connectivity index (χ2v) is 10.6. The van der Waals surface area contributed by atoms with Crippen LogP contribution in [0, 0.1) is 35.5 Å². The second kappa shape index (κ2) is 5.74. The SMILES string of the molecule is CC1CC2C=CC=CC2C1[SH](C)C1C(C)CC2C=CC=CC21. The minimum absolute atomic E-state index is 0.0810. The summed E-state index contributed by atoms with van der Waals surface area (Å²) in [6.45, 7) is 5.05. The van der Waals surface area contributed by atoms with Crippen LogP contribution in [0.3, 0.4) is 0 Å². The molecule has 4 aliphatic carbocycles. The van der Waals surface area contributed by atoms with Crippen LogP contribution in [0.1, 0.15) is 26.7 Å². The molecular weight excluding hydrogens is 284 g/mol. The van der Waals surface area contributed by atoms with Gasteiger partial charge in [-0.2, -0.15) is 0 Å². The van der Waals surface area contributed by atoms with Crippen LogP contribution in [-0.2, 0) is 0 Å². The Hall–Kier alpha value is -0.690. The Morgan fingerprint density at radius 3 is 1.55 bits per heavy atom. The molecule has 2 saturated carbocycles. The quantitative estimate of drug-likeness (QED) is 0.669. The molecule has 4 rings (SSSR count). The van der Waals surface area contributed by atoms with Crippen molar-refractivity contribution >= 4 is 10.9 Å². The Balaban J connectivity index is 1.59. The minimum atomic E-state index is 0.0810. The molecule has 8 atom stereocenters. The van der Waals surface area contributed by atoms with Gasteiger partial charge in [0.25, 0.3) is 0 Å². The van der Waals surface area contributed by atoms with Crippen molar-refractivity contribution in [2.75, 3.05) is 6.26 Å². The molecule has 0 spiro atoms. The normalized spacial score (nSPS) is 51.0. The number of rotatable bonds is 2. The van der Waals surface area contributed by atoms with Gasteiger partial charge in [-0.05, 0) is 65.1 Å². The summed E-state index contributed by atoms with van der Waals surface area (Å²) in [6.07, 6.45) is 24.6. The van der Waals surface area contributed by atoms with E-state index in [1.54, 1.807) is 0 Å². The van der Waals surface area contributed by atoms with Gasteiger partial charge in [0, 0.05) is 0 Å². The smallest absolute Gasteiger partial charge is 0.00417 e. The van der Waals surface area contributed by atoms with Crippen LogP contribution in [0.2, 0.25) is 0 Å². The highest BCUT2D eigenvalue weighted by atomic mass is 32.2. The molecule has 0 nitrogen and oxygen atoms in total. The standard InChI is InChI=1S/C21H30S/c1-14-12-16-8-4-6-10-18(16)20(14)22(3)21-15(2)13-17-9-5-7-11-19(17)21/h4-11,14-22H,12-13H2,1-3H3. The molecule has 0 radical (unpaired) electrons. The van der Waals surface area contributed by atoms with Gasteiger partial charge in [-0.25, -0.2) is 10.9 Å². The van der Waals surface area contributed by atoms with Crippen LogP contribution >= 0.6 is 10.9 Å². The first-order chi connectivity index (χ1) is 10.7. The van der Waals surface area contributed by atoms with Crippen molar-refractivity contribution in [3.63, 3.8) is 0 Å². The van der Waals surface area contributed by atoms with E-state index in [-0.39, 0.29) is 10.9 Å². The molecule has 0 aromatic carbocycles. The van der Waals surface area contributed by atoms with Crippen molar-refractivity contribution < 1.29 is 0 Å². The van der Waals surface area contributed by atoms with E-state index in [9.17, 15) is 0 Å². The zero-order valence-corrected chi connectivity index (χ0v) is 15.0. The van der Waals surface area contributed by atoms with Gasteiger partial charge in [0.15, 0.2) is 0 Å². The van der Waals surface area contributed by atoms with Gasteiger partial charge in [-0.3, -0.25) is 0 Å². The Morgan fingerprint density at radius 1 is 0.682 bits per heavy atom. The van der Waals surface area contributed by atoms with E-state index < -0.39 is 0 Å². The maximum Gasteiger partial charge on any atom is -0.00417 e. The van der Waals surface area contributed by atoms with Gasteiger partial charge in [-0.1, -0.05) is 62.5 Å². The Morgan fingerprint density at radius 2 is 1.09 bits per heavy atom.